The second-order valence-corrected chi connectivity index (χ2v) is 4.30. The fourth-order valence-corrected chi connectivity index (χ4v) is 1.77. The maximum atomic E-state index is 11.5. The lowest BCUT2D eigenvalue weighted by molar-refractivity contribution is 0.130. The van der Waals surface area contributed by atoms with Crippen molar-refractivity contribution in [3.8, 4) is 5.75 Å². The molecule has 1 fully saturated rings. The maximum absolute atomic E-state index is 11.5. The molecule has 2 rings (SSSR count). The molecule has 1 aromatic carbocycles. The fraction of sp³-hybridized carbons (Fsp3) is 0.385. The van der Waals surface area contributed by atoms with Crippen LogP contribution in [0.4, 0.5) is 9.59 Å². The number of amides is 2. The third-order valence-electron chi connectivity index (χ3n) is 2.75. The second kappa shape index (κ2) is 6.08. The van der Waals surface area contributed by atoms with Crippen molar-refractivity contribution in [2.24, 2.45) is 0 Å². The Morgan fingerprint density at radius 2 is 2.21 bits per heavy atom. The number of rotatable bonds is 4. The largest absolute Gasteiger partial charge is 0.444 e. The van der Waals surface area contributed by atoms with Gasteiger partial charge in [-0.3, -0.25) is 0 Å². The highest BCUT2D eigenvalue weighted by Gasteiger charge is 2.27. The molecule has 0 saturated carbocycles. The van der Waals surface area contributed by atoms with Crippen molar-refractivity contribution in [1.29, 1.82) is 0 Å². The van der Waals surface area contributed by atoms with Crippen LogP contribution in [0.3, 0.4) is 0 Å². The highest BCUT2D eigenvalue weighted by atomic mass is 16.6. The van der Waals surface area contributed by atoms with E-state index in [0.29, 0.717) is 25.3 Å². The Kier molecular flexibility index (Phi) is 4.22. The molecule has 102 valence electrons. The van der Waals surface area contributed by atoms with E-state index in [2.05, 4.69) is 5.32 Å². The molecule has 1 saturated heterocycles. The number of benzene rings is 1. The minimum Gasteiger partial charge on any atom is -0.444 e. The predicted molar refractivity (Wildman–Crippen MR) is 68.0 cm³/mol. The summed E-state index contributed by atoms with van der Waals surface area (Å²) < 4.78 is 10.1. The minimum atomic E-state index is -0.510. The van der Waals surface area contributed by atoms with Crippen LogP contribution in [-0.4, -0.2) is 43.3 Å². The van der Waals surface area contributed by atoms with Gasteiger partial charge in [-0.1, -0.05) is 18.2 Å². The molecule has 0 aliphatic carbocycles. The van der Waals surface area contributed by atoms with Crippen LogP contribution in [0, 0.1) is 0 Å². The standard InChI is InChI=1S/C13H16N2O4/c1-15-9-11(19-13(15)17)7-8-14-12(16)18-10-5-3-2-4-6-10/h2-6,11H,7-9H2,1H3,(H,14,16). The topological polar surface area (TPSA) is 67.9 Å². The number of nitrogens with one attached hydrogen (secondary N) is 1. The normalized spacial score (nSPS) is 18.1. The smallest absolute Gasteiger partial charge is 0.412 e. The summed E-state index contributed by atoms with van der Waals surface area (Å²) in [6, 6.07) is 8.82. The van der Waals surface area contributed by atoms with E-state index < -0.39 is 6.09 Å². The van der Waals surface area contributed by atoms with E-state index in [1.54, 1.807) is 31.3 Å². The second-order valence-electron chi connectivity index (χ2n) is 4.30. The van der Waals surface area contributed by atoms with Gasteiger partial charge in [0.1, 0.15) is 11.9 Å². The molecule has 0 aromatic heterocycles. The molecule has 1 aliphatic heterocycles. The number of para-hydroxylation sites is 1. The van der Waals surface area contributed by atoms with Crippen LogP contribution in [-0.2, 0) is 4.74 Å². The summed E-state index contributed by atoms with van der Waals surface area (Å²) in [5.74, 6) is 0.493. The Labute approximate surface area is 111 Å². The van der Waals surface area contributed by atoms with Crippen molar-refractivity contribution in [2.45, 2.75) is 12.5 Å². The number of hydrogen-bond acceptors (Lipinski definition) is 4. The molecule has 0 radical (unpaired) electrons. The molecular formula is C13H16N2O4. The Morgan fingerprint density at radius 3 is 2.84 bits per heavy atom. The number of carbonyl (C=O) groups excluding carboxylic acids is 2. The van der Waals surface area contributed by atoms with Crippen molar-refractivity contribution in [3.63, 3.8) is 0 Å². The zero-order valence-electron chi connectivity index (χ0n) is 10.7. The van der Waals surface area contributed by atoms with Gasteiger partial charge in [0.25, 0.3) is 0 Å². The van der Waals surface area contributed by atoms with Crippen LogP contribution < -0.4 is 10.1 Å². The van der Waals surface area contributed by atoms with Gasteiger partial charge in [0.15, 0.2) is 0 Å². The molecule has 1 unspecified atom stereocenters. The molecule has 0 bridgehead atoms. The van der Waals surface area contributed by atoms with Crippen molar-refractivity contribution in [1.82, 2.24) is 10.2 Å². The van der Waals surface area contributed by atoms with E-state index in [4.69, 9.17) is 9.47 Å². The van der Waals surface area contributed by atoms with Crippen LogP contribution in [0.15, 0.2) is 30.3 Å². The average molecular weight is 264 g/mol. The first kappa shape index (κ1) is 13.2. The summed E-state index contributed by atoms with van der Waals surface area (Å²) >= 11 is 0. The van der Waals surface area contributed by atoms with Gasteiger partial charge >= 0.3 is 12.2 Å². The fourth-order valence-electron chi connectivity index (χ4n) is 1.77. The highest BCUT2D eigenvalue weighted by Crippen LogP contribution is 2.11. The molecule has 0 spiro atoms. The molecule has 6 nitrogen and oxygen atoms in total. The van der Waals surface area contributed by atoms with Gasteiger partial charge in [-0.05, 0) is 12.1 Å². The zero-order chi connectivity index (χ0) is 13.7. The summed E-state index contributed by atoms with van der Waals surface area (Å²) in [6.45, 7) is 0.950. The number of cyclic esters (lactones) is 1. The Balaban J connectivity index is 1.66. The molecular weight excluding hydrogens is 248 g/mol. The number of carbonyl (C=O) groups is 2. The van der Waals surface area contributed by atoms with Crippen LogP contribution in [0.25, 0.3) is 0 Å². The summed E-state index contributed by atoms with van der Waals surface area (Å²) in [5.41, 5.74) is 0. The minimum absolute atomic E-state index is 0.172. The first-order chi connectivity index (χ1) is 9.15. The SMILES string of the molecule is CN1CC(CCNC(=O)Oc2ccccc2)OC1=O. The van der Waals surface area contributed by atoms with Gasteiger partial charge in [-0.25, -0.2) is 9.59 Å². The molecule has 1 atom stereocenters. The van der Waals surface area contributed by atoms with Crippen LogP contribution in [0.1, 0.15) is 6.42 Å². The van der Waals surface area contributed by atoms with Gasteiger partial charge < -0.3 is 19.7 Å². The van der Waals surface area contributed by atoms with E-state index in [-0.39, 0.29) is 12.2 Å². The highest BCUT2D eigenvalue weighted by molar-refractivity contribution is 5.70. The van der Waals surface area contributed by atoms with Gasteiger partial charge in [0.2, 0.25) is 0 Å². The molecule has 1 N–H and O–H groups in total. The van der Waals surface area contributed by atoms with Gasteiger partial charge in [0.05, 0.1) is 6.54 Å². The Morgan fingerprint density at radius 1 is 1.47 bits per heavy atom. The van der Waals surface area contributed by atoms with Crippen molar-refractivity contribution < 1.29 is 19.1 Å². The lowest BCUT2D eigenvalue weighted by atomic mass is 10.2. The lowest BCUT2D eigenvalue weighted by Gasteiger charge is -2.09. The van der Waals surface area contributed by atoms with Crippen molar-refractivity contribution in [2.75, 3.05) is 20.1 Å². The average Bonchev–Trinajstić information content (AvgIpc) is 2.70. The molecule has 6 heteroatoms. The Hall–Kier alpha value is -2.24. The summed E-state index contributed by atoms with van der Waals surface area (Å²) in [6.07, 6.45) is -0.435. The third kappa shape index (κ3) is 3.87. The lowest BCUT2D eigenvalue weighted by Crippen LogP contribution is -2.30. The number of likely N-dealkylation sites (N-methyl/N-ethyl adjacent to an activating group) is 1. The van der Waals surface area contributed by atoms with Crippen molar-refractivity contribution in [3.05, 3.63) is 30.3 Å². The summed E-state index contributed by atoms with van der Waals surface area (Å²) in [7, 11) is 1.68. The van der Waals surface area contributed by atoms with E-state index in [1.165, 1.54) is 4.90 Å². The van der Waals surface area contributed by atoms with Crippen LogP contribution in [0.5, 0.6) is 5.75 Å². The number of ether oxygens (including phenoxy) is 2. The number of hydrogen-bond donors (Lipinski definition) is 1. The summed E-state index contributed by atoms with van der Waals surface area (Å²) in [4.78, 5) is 24.1. The van der Waals surface area contributed by atoms with Crippen LogP contribution >= 0.6 is 0 Å². The van der Waals surface area contributed by atoms with Crippen molar-refractivity contribution >= 4 is 12.2 Å². The monoisotopic (exact) mass is 264 g/mol. The maximum Gasteiger partial charge on any atom is 0.412 e. The van der Waals surface area contributed by atoms with E-state index >= 15 is 0 Å². The molecule has 1 aliphatic rings. The molecule has 1 aromatic rings. The third-order valence-corrected chi connectivity index (χ3v) is 2.75. The first-order valence-electron chi connectivity index (χ1n) is 6.07. The van der Waals surface area contributed by atoms with E-state index in [9.17, 15) is 9.59 Å². The number of nitrogens with zero attached hydrogens (tertiary/aromatic N) is 1. The Bertz CT molecular complexity index is 449. The summed E-state index contributed by atoms with van der Waals surface area (Å²) in [5, 5.41) is 2.62. The molecule has 19 heavy (non-hydrogen) atoms. The first-order valence-corrected chi connectivity index (χ1v) is 6.07. The quantitative estimate of drug-likeness (QED) is 0.897. The van der Waals surface area contributed by atoms with E-state index in [0.717, 1.165) is 0 Å². The van der Waals surface area contributed by atoms with Gasteiger partial charge in [-0.2, -0.15) is 0 Å². The predicted octanol–water partition coefficient (Wildman–Crippen LogP) is 1.62. The zero-order valence-corrected chi connectivity index (χ0v) is 10.7. The molecule has 1 heterocycles. The van der Waals surface area contributed by atoms with Gasteiger partial charge in [-0.15, -0.1) is 0 Å². The van der Waals surface area contributed by atoms with Crippen LogP contribution in [0.2, 0.25) is 0 Å². The van der Waals surface area contributed by atoms with E-state index in [1.807, 2.05) is 6.07 Å². The molecule has 2 amide bonds. The van der Waals surface area contributed by atoms with Gasteiger partial charge in [0, 0.05) is 20.0 Å².